The van der Waals surface area contributed by atoms with Gasteiger partial charge in [0.25, 0.3) is 0 Å². The van der Waals surface area contributed by atoms with E-state index in [9.17, 15) is 0 Å². The van der Waals surface area contributed by atoms with Gasteiger partial charge in [0.15, 0.2) is 0 Å². The third-order valence-corrected chi connectivity index (χ3v) is 2.52. The van der Waals surface area contributed by atoms with E-state index in [4.69, 9.17) is 5.73 Å². The normalized spacial score (nSPS) is 12.7. The third kappa shape index (κ3) is 1.92. The molecule has 2 N–H and O–H groups in total. The number of hydrogen-bond donors (Lipinski definition) is 1. The molecule has 0 fully saturated rings. The largest absolute Gasteiger partial charge is 0.334 e. The van der Waals surface area contributed by atoms with Gasteiger partial charge in [-0.1, -0.05) is 24.3 Å². The molecule has 0 bridgehead atoms. The molecule has 1 aromatic heterocycles. The molecule has 1 atom stereocenters. The standard InChI is InChI=1S/C12H15N3/c1-9(13)10-3-5-11(6-4-10)12-14-7-8-15(12)2/h3-9H,13H2,1-2H3. The van der Waals surface area contributed by atoms with E-state index in [0.29, 0.717) is 0 Å². The Morgan fingerprint density at radius 1 is 1.27 bits per heavy atom. The van der Waals surface area contributed by atoms with Crippen molar-refractivity contribution in [2.75, 3.05) is 0 Å². The van der Waals surface area contributed by atoms with E-state index in [-0.39, 0.29) is 6.04 Å². The van der Waals surface area contributed by atoms with Crippen LogP contribution in [-0.2, 0) is 7.05 Å². The monoisotopic (exact) mass is 201 g/mol. The maximum absolute atomic E-state index is 5.79. The Kier molecular flexibility index (Phi) is 2.56. The van der Waals surface area contributed by atoms with Gasteiger partial charge in [0.2, 0.25) is 0 Å². The van der Waals surface area contributed by atoms with Crippen molar-refractivity contribution in [3.8, 4) is 11.4 Å². The van der Waals surface area contributed by atoms with Crippen molar-refractivity contribution in [1.29, 1.82) is 0 Å². The number of aryl methyl sites for hydroxylation is 1. The Hall–Kier alpha value is -1.61. The van der Waals surface area contributed by atoms with Crippen molar-refractivity contribution in [1.82, 2.24) is 9.55 Å². The summed E-state index contributed by atoms with van der Waals surface area (Å²) in [5, 5.41) is 0. The van der Waals surface area contributed by atoms with Gasteiger partial charge in [0, 0.05) is 31.0 Å². The Morgan fingerprint density at radius 2 is 1.93 bits per heavy atom. The molecule has 1 heterocycles. The minimum atomic E-state index is 0.0837. The quantitative estimate of drug-likeness (QED) is 0.808. The zero-order chi connectivity index (χ0) is 10.8. The highest BCUT2D eigenvalue weighted by Gasteiger charge is 2.04. The lowest BCUT2D eigenvalue weighted by molar-refractivity contribution is 0.818. The molecule has 2 aromatic rings. The predicted molar refractivity (Wildman–Crippen MR) is 61.2 cm³/mol. The number of aromatic nitrogens is 2. The van der Waals surface area contributed by atoms with Crippen LogP contribution in [0.2, 0.25) is 0 Å². The van der Waals surface area contributed by atoms with Crippen LogP contribution in [0.5, 0.6) is 0 Å². The number of nitrogens with zero attached hydrogens (tertiary/aromatic N) is 2. The molecule has 3 nitrogen and oxygen atoms in total. The van der Waals surface area contributed by atoms with E-state index >= 15 is 0 Å². The van der Waals surface area contributed by atoms with Crippen LogP contribution in [-0.4, -0.2) is 9.55 Å². The number of benzene rings is 1. The van der Waals surface area contributed by atoms with Crippen LogP contribution >= 0.6 is 0 Å². The number of hydrogen-bond acceptors (Lipinski definition) is 2. The molecule has 15 heavy (non-hydrogen) atoms. The first kappa shape index (κ1) is 9.93. The molecule has 0 saturated carbocycles. The lowest BCUT2D eigenvalue weighted by Crippen LogP contribution is -2.04. The maximum atomic E-state index is 5.79. The minimum absolute atomic E-state index is 0.0837. The van der Waals surface area contributed by atoms with Crippen molar-refractivity contribution in [3.05, 3.63) is 42.2 Å². The van der Waals surface area contributed by atoms with Crippen molar-refractivity contribution in [2.45, 2.75) is 13.0 Å². The molecule has 0 aliphatic carbocycles. The van der Waals surface area contributed by atoms with E-state index in [1.807, 2.05) is 24.7 Å². The van der Waals surface area contributed by atoms with Crippen molar-refractivity contribution >= 4 is 0 Å². The molecule has 0 aliphatic rings. The Morgan fingerprint density at radius 3 is 2.40 bits per heavy atom. The first-order valence-electron chi connectivity index (χ1n) is 5.01. The molecular formula is C12H15N3. The maximum Gasteiger partial charge on any atom is 0.139 e. The minimum Gasteiger partial charge on any atom is -0.334 e. The molecule has 1 aromatic carbocycles. The summed E-state index contributed by atoms with van der Waals surface area (Å²) < 4.78 is 2.00. The van der Waals surface area contributed by atoms with E-state index in [1.54, 1.807) is 6.20 Å². The Balaban J connectivity index is 2.36. The van der Waals surface area contributed by atoms with Gasteiger partial charge in [-0.05, 0) is 12.5 Å². The van der Waals surface area contributed by atoms with Crippen LogP contribution in [0.25, 0.3) is 11.4 Å². The molecule has 0 aliphatic heterocycles. The molecule has 0 amide bonds. The summed E-state index contributed by atoms with van der Waals surface area (Å²) >= 11 is 0. The van der Waals surface area contributed by atoms with Gasteiger partial charge in [0.05, 0.1) is 0 Å². The predicted octanol–water partition coefficient (Wildman–Crippen LogP) is 2.11. The number of imidazole rings is 1. The van der Waals surface area contributed by atoms with E-state index in [2.05, 4.69) is 29.2 Å². The number of rotatable bonds is 2. The summed E-state index contributed by atoms with van der Waals surface area (Å²) in [5.74, 6) is 0.978. The number of nitrogens with two attached hydrogens (primary N) is 1. The van der Waals surface area contributed by atoms with Crippen LogP contribution in [0.4, 0.5) is 0 Å². The van der Waals surface area contributed by atoms with E-state index in [1.165, 1.54) is 0 Å². The second kappa shape index (κ2) is 3.87. The smallest absolute Gasteiger partial charge is 0.139 e. The van der Waals surface area contributed by atoms with Gasteiger partial charge >= 0.3 is 0 Å². The Bertz CT molecular complexity index is 440. The lowest BCUT2D eigenvalue weighted by Gasteiger charge is -2.06. The molecular weight excluding hydrogens is 186 g/mol. The first-order valence-corrected chi connectivity index (χ1v) is 5.01. The molecule has 0 spiro atoms. The van der Waals surface area contributed by atoms with E-state index < -0.39 is 0 Å². The van der Waals surface area contributed by atoms with Crippen molar-refractivity contribution in [2.24, 2.45) is 12.8 Å². The van der Waals surface area contributed by atoms with Gasteiger partial charge < -0.3 is 10.3 Å². The highest BCUT2D eigenvalue weighted by Crippen LogP contribution is 2.19. The molecule has 2 rings (SSSR count). The fraction of sp³-hybridized carbons (Fsp3) is 0.250. The summed E-state index contributed by atoms with van der Waals surface area (Å²) in [6, 6.07) is 8.30. The fourth-order valence-corrected chi connectivity index (χ4v) is 1.58. The van der Waals surface area contributed by atoms with Gasteiger partial charge in [-0.3, -0.25) is 0 Å². The van der Waals surface area contributed by atoms with Gasteiger partial charge in [-0.2, -0.15) is 0 Å². The SMILES string of the molecule is CC(N)c1ccc(-c2nccn2C)cc1. The molecule has 78 valence electrons. The van der Waals surface area contributed by atoms with Crippen LogP contribution in [0.15, 0.2) is 36.7 Å². The average molecular weight is 201 g/mol. The molecule has 3 heteroatoms. The van der Waals surface area contributed by atoms with Crippen molar-refractivity contribution in [3.63, 3.8) is 0 Å². The average Bonchev–Trinajstić information content (AvgIpc) is 2.65. The summed E-state index contributed by atoms with van der Waals surface area (Å²) in [6.45, 7) is 1.98. The molecule has 0 saturated heterocycles. The summed E-state index contributed by atoms with van der Waals surface area (Å²) in [5.41, 5.74) is 8.06. The van der Waals surface area contributed by atoms with Crippen LogP contribution in [0.1, 0.15) is 18.5 Å². The van der Waals surface area contributed by atoms with Crippen LogP contribution in [0.3, 0.4) is 0 Å². The third-order valence-electron chi connectivity index (χ3n) is 2.52. The second-order valence-corrected chi connectivity index (χ2v) is 3.77. The summed E-state index contributed by atoms with van der Waals surface area (Å²) in [6.07, 6.45) is 3.74. The zero-order valence-corrected chi connectivity index (χ0v) is 9.01. The highest BCUT2D eigenvalue weighted by molar-refractivity contribution is 5.56. The zero-order valence-electron chi connectivity index (χ0n) is 9.01. The fourth-order valence-electron chi connectivity index (χ4n) is 1.58. The Labute approximate surface area is 89.6 Å². The van der Waals surface area contributed by atoms with Crippen molar-refractivity contribution < 1.29 is 0 Å². The van der Waals surface area contributed by atoms with Crippen LogP contribution < -0.4 is 5.73 Å². The van der Waals surface area contributed by atoms with Crippen LogP contribution in [0, 0.1) is 0 Å². The van der Waals surface area contributed by atoms with E-state index in [0.717, 1.165) is 17.0 Å². The molecule has 1 unspecified atom stereocenters. The topological polar surface area (TPSA) is 43.8 Å². The lowest BCUT2D eigenvalue weighted by atomic mass is 10.1. The van der Waals surface area contributed by atoms with Gasteiger partial charge in [0.1, 0.15) is 5.82 Å². The van der Waals surface area contributed by atoms with Gasteiger partial charge in [-0.25, -0.2) is 4.98 Å². The summed E-state index contributed by atoms with van der Waals surface area (Å²) in [7, 11) is 1.99. The highest BCUT2D eigenvalue weighted by atomic mass is 15.0. The summed E-state index contributed by atoms with van der Waals surface area (Å²) in [4.78, 5) is 4.29. The first-order chi connectivity index (χ1) is 7.18. The second-order valence-electron chi connectivity index (χ2n) is 3.77. The van der Waals surface area contributed by atoms with Gasteiger partial charge in [-0.15, -0.1) is 0 Å². The molecule has 0 radical (unpaired) electrons.